The van der Waals surface area contributed by atoms with E-state index in [1.807, 2.05) is 54.8 Å². The number of carbonyl (C=O) groups is 1. The van der Waals surface area contributed by atoms with Gasteiger partial charge in [0.1, 0.15) is 5.75 Å². The highest BCUT2D eigenvalue weighted by Crippen LogP contribution is 2.16. The zero-order valence-corrected chi connectivity index (χ0v) is 14.0. The molecule has 0 fully saturated rings. The Morgan fingerprint density at radius 2 is 1.81 bits per heavy atom. The molecule has 0 aliphatic carbocycles. The first-order valence-corrected chi connectivity index (χ1v) is 8.47. The molecule has 3 nitrogen and oxygen atoms in total. The lowest BCUT2D eigenvalue weighted by Gasteiger charge is -2.08. The minimum atomic E-state index is -0.133. The van der Waals surface area contributed by atoms with Crippen LogP contribution in [0.5, 0.6) is 5.75 Å². The van der Waals surface area contributed by atoms with Crippen molar-refractivity contribution in [1.82, 2.24) is 5.32 Å². The van der Waals surface area contributed by atoms with Crippen molar-refractivity contribution in [2.24, 2.45) is 0 Å². The van der Waals surface area contributed by atoms with E-state index in [0.717, 1.165) is 10.0 Å². The van der Waals surface area contributed by atoms with Crippen LogP contribution in [-0.4, -0.2) is 18.8 Å². The summed E-state index contributed by atoms with van der Waals surface area (Å²) in [5.74, 6) is 0.546. The van der Waals surface area contributed by atoms with Crippen LogP contribution in [-0.2, 0) is 11.3 Å². The predicted octanol–water partition coefficient (Wildman–Crippen LogP) is 3.87. The molecule has 110 valence electrons. The Morgan fingerprint density at radius 3 is 2.43 bits per heavy atom. The number of ether oxygens (including phenoxy) is 1. The predicted molar refractivity (Wildman–Crippen MR) is 89.7 cm³/mol. The second-order valence-electron chi connectivity index (χ2n) is 4.37. The Hall–Kier alpha value is -1.46. The molecule has 0 aliphatic rings. The number of halogens is 1. The molecule has 5 heteroatoms. The molecule has 0 atom stereocenters. The number of nitrogens with one attached hydrogen (secondary N) is 1. The molecule has 2 aromatic carbocycles. The third-order valence-corrected chi connectivity index (χ3v) is 4.10. The molecule has 0 saturated carbocycles. The fraction of sp³-hybridized carbons (Fsp3) is 0.188. The van der Waals surface area contributed by atoms with Crippen molar-refractivity contribution in [3.05, 3.63) is 58.6 Å². The van der Waals surface area contributed by atoms with Crippen LogP contribution >= 0.6 is 27.7 Å². The Bertz CT molecular complexity index is 584. The molecule has 0 saturated heterocycles. The lowest BCUT2D eigenvalue weighted by Crippen LogP contribution is -2.28. The van der Waals surface area contributed by atoms with Gasteiger partial charge in [0.25, 0.3) is 5.91 Å². The van der Waals surface area contributed by atoms with Gasteiger partial charge in [0.15, 0.2) is 6.61 Å². The smallest absolute Gasteiger partial charge is 0.258 e. The molecule has 0 heterocycles. The first kappa shape index (κ1) is 15.9. The van der Waals surface area contributed by atoms with Crippen LogP contribution in [0, 0.1) is 0 Å². The highest BCUT2D eigenvalue weighted by molar-refractivity contribution is 9.10. The summed E-state index contributed by atoms with van der Waals surface area (Å²) in [4.78, 5) is 12.9. The van der Waals surface area contributed by atoms with E-state index in [1.54, 1.807) is 11.8 Å². The van der Waals surface area contributed by atoms with Gasteiger partial charge in [-0.2, -0.15) is 0 Å². The van der Waals surface area contributed by atoms with Crippen molar-refractivity contribution in [3.8, 4) is 5.75 Å². The summed E-state index contributed by atoms with van der Waals surface area (Å²) in [7, 11) is 0. The van der Waals surface area contributed by atoms with Gasteiger partial charge in [-0.3, -0.25) is 4.79 Å². The zero-order chi connectivity index (χ0) is 15.1. The Kier molecular flexibility index (Phi) is 6.14. The van der Waals surface area contributed by atoms with Gasteiger partial charge in [-0.05, 0) is 48.2 Å². The molecule has 0 aliphatic heterocycles. The van der Waals surface area contributed by atoms with E-state index in [-0.39, 0.29) is 12.5 Å². The SMILES string of the molecule is CSc1ccc(CNC(=O)COc2ccc(Br)cc2)cc1. The summed E-state index contributed by atoms with van der Waals surface area (Å²) < 4.78 is 6.39. The molecule has 0 bridgehead atoms. The maximum atomic E-state index is 11.7. The van der Waals surface area contributed by atoms with Crippen molar-refractivity contribution >= 4 is 33.6 Å². The van der Waals surface area contributed by atoms with E-state index in [4.69, 9.17) is 4.74 Å². The number of benzene rings is 2. The molecule has 2 aromatic rings. The Balaban J connectivity index is 1.75. The first-order chi connectivity index (χ1) is 10.2. The molecule has 21 heavy (non-hydrogen) atoms. The van der Waals surface area contributed by atoms with Gasteiger partial charge in [-0.15, -0.1) is 11.8 Å². The molecule has 2 rings (SSSR count). The van der Waals surface area contributed by atoms with E-state index in [9.17, 15) is 4.79 Å². The van der Waals surface area contributed by atoms with Crippen LogP contribution in [0.3, 0.4) is 0 Å². The Morgan fingerprint density at radius 1 is 1.14 bits per heavy atom. The monoisotopic (exact) mass is 365 g/mol. The van der Waals surface area contributed by atoms with Gasteiger partial charge in [0, 0.05) is 15.9 Å². The highest BCUT2D eigenvalue weighted by Gasteiger charge is 2.03. The molecule has 0 radical (unpaired) electrons. The Labute approximate surface area is 137 Å². The maximum absolute atomic E-state index is 11.7. The fourth-order valence-corrected chi connectivity index (χ4v) is 2.35. The number of thioether (sulfide) groups is 1. The topological polar surface area (TPSA) is 38.3 Å². The number of hydrogen-bond acceptors (Lipinski definition) is 3. The van der Waals surface area contributed by atoms with Gasteiger partial charge in [-0.1, -0.05) is 28.1 Å². The normalized spacial score (nSPS) is 10.2. The molecule has 1 N–H and O–H groups in total. The number of hydrogen-bond donors (Lipinski definition) is 1. The summed E-state index contributed by atoms with van der Waals surface area (Å²) in [6.07, 6.45) is 2.04. The van der Waals surface area contributed by atoms with Gasteiger partial charge < -0.3 is 10.1 Å². The number of amides is 1. The molecular formula is C16H16BrNO2S. The van der Waals surface area contributed by atoms with E-state index < -0.39 is 0 Å². The van der Waals surface area contributed by atoms with E-state index in [2.05, 4.69) is 21.2 Å². The largest absolute Gasteiger partial charge is 0.484 e. The fourth-order valence-electron chi connectivity index (χ4n) is 1.67. The molecule has 0 aromatic heterocycles. The van der Waals surface area contributed by atoms with E-state index >= 15 is 0 Å². The second kappa shape index (κ2) is 8.10. The van der Waals surface area contributed by atoms with Gasteiger partial charge in [0.05, 0.1) is 0 Å². The maximum Gasteiger partial charge on any atom is 0.258 e. The van der Waals surface area contributed by atoms with Crippen LogP contribution in [0.2, 0.25) is 0 Å². The van der Waals surface area contributed by atoms with Crippen LogP contribution in [0.15, 0.2) is 57.9 Å². The molecule has 1 amide bonds. The van der Waals surface area contributed by atoms with Crippen LogP contribution in [0.25, 0.3) is 0 Å². The number of carbonyl (C=O) groups excluding carboxylic acids is 1. The summed E-state index contributed by atoms with van der Waals surface area (Å²) in [5, 5.41) is 2.84. The summed E-state index contributed by atoms with van der Waals surface area (Å²) in [6.45, 7) is 0.529. The van der Waals surface area contributed by atoms with E-state index in [0.29, 0.717) is 12.3 Å². The third-order valence-electron chi connectivity index (χ3n) is 2.83. The van der Waals surface area contributed by atoms with Gasteiger partial charge >= 0.3 is 0 Å². The lowest BCUT2D eigenvalue weighted by atomic mass is 10.2. The van der Waals surface area contributed by atoms with Crippen molar-refractivity contribution in [2.45, 2.75) is 11.4 Å². The lowest BCUT2D eigenvalue weighted by molar-refractivity contribution is -0.123. The first-order valence-electron chi connectivity index (χ1n) is 6.45. The zero-order valence-electron chi connectivity index (χ0n) is 11.6. The average Bonchev–Trinajstić information content (AvgIpc) is 2.53. The number of rotatable bonds is 6. The standard InChI is InChI=1S/C16H16BrNO2S/c1-21-15-8-2-12(3-9-15)10-18-16(19)11-20-14-6-4-13(17)5-7-14/h2-9H,10-11H2,1H3,(H,18,19). The van der Waals surface area contributed by atoms with Gasteiger partial charge in [-0.25, -0.2) is 0 Å². The summed E-state index contributed by atoms with van der Waals surface area (Å²) >= 11 is 5.05. The van der Waals surface area contributed by atoms with Crippen LogP contribution in [0.1, 0.15) is 5.56 Å². The van der Waals surface area contributed by atoms with Crippen molar-refractivity contribution in [2.75, 3.05) is 12.9 Å². The molecule has 0 unspecified atom stereocenters. The minimum Gasteiger partial charge on any atom is -0.484 e. The third kappa shape index (κ3) is 5.44. The quantitative estimate of drug-likeness (QED) is 0.789. The molecular weight excluding hydrogens is 350 g/mol. The summed E-state index contributed by atoms with van der Waals surface area (Å²) in [6, 6.07) is 15.5. The van der Waals surface area contributed by atoms with Crippen molar-refractivity contribution < 1.29 is 9.53 Å². The minimum absolute atomic E-state index is 0.0184. The average molecular weight is 366 g/mol. The van der Waals surface area contributed by atoms with Crippen molar-refractivity contribution in [1.29, 1.82) is 0 Å². The van der Waals surface area contributed by atoms with E-state index in [1.165, 1.54) is 4.90 Å². The molecule has 0 spiro atoms. The van der Waals surface area contributed by atoms with Crippen LogP contribution < -0.4 is 10.1 Å². The second-order valence-corrected chi connectivity index (χ2v) is 6.16. The van der Waals surface area contributed by atoms with Crippen molar-refractivity contribution in [3.63, 3.8) is 0 Å². The highest BCUT2D eigenvalue weighted by atomic mass is 79.9. The van der Waals surface area contributed by atoms with Gasteiger partial charge in [0.2, 0.25) is 0 Å². The van der Waals surface area contributed by atoms with Crippen LogP contribution in [0.4, 0.5) is 0 Å². The summed E-state index contributed by atoms with van der Waals surface area (Å²) in [5.41, 5.74) is 1.07.